The highest BCUT2D eigenvalue weighted by Gasteiger charge is 2.22. The normalized spacial score (nSPS) is 12.0. The Morgan fingerprint density at radius 2 is 2.04 bits per heavy atom. The summed E-state index contributed by atoms with van der Waals surface area (Å²) in [5, 5.41) is 0. The number of carbonyl (C=O) groups excluding carboxylic acids is 1. The van der Waals surface area contributed by atoms with Crippen molar-refractivity contribution < 1.29 is 9.21 Å². The third kappa shape index (κ3) is 3.63. The molecule has 0 aliphatic carbocycles. The zero-order valence-corrected chi connectivity index (χ0v) is 14.8. The third-order valence-electron chi connectivity index (χ3n) is 4.38. The molecule has 3 rings (SSSR count). The van der Waals surface area contributed by atoms with Crippen LogP contribution in [0.1, 0.15) is 41.1 Å². The van der Waals surface area contributed by atoms with Crippen LogP contribution in [0.15, 0.2) is 65.3 Å². The third-order valence-corrected chi connectivity index (χ3v) is 4.38. The second kappa shape index (κ2) is 7.34. The molecule has 2 aromatic heterocycles. The van der Waals surface area contributed by atoms with Crippen molar-refractivity contribution in [1.82, 2.24) is 9.88 Å². The maximum Gasteiger partial charge on any atom is 0.254 e. The molecule has 4 nitrogen and oxygen atoms in total. The number of nitrogens with zero attached hydrogens (tertiary/aromatic N) is 2. The van der Waals surface area contributed by atoms with Crippen molar-refractivity contribution in [1.29, 1.82) is 0 Å². The van der Waals surface area contributed by atoms with Crippen molar-refractivity contribution in [2.75, 3.05) is 7.05 Å². The van der Waals surface area contributed by atoms with Gasteiger partial charge in [0, 0.05) is 30.6 Å². The van der Waals surface area contributed by atoms with Gasteiger partial charge in [0.15, 0.2) is 0 Å². The average molecular weight is 334 g/mol. The molecule has 0 spiro atoms. The first-order valence-corrected chi connectivity index (χ1v) is 8.44. The fourth-order valence-corrected chi connectivity index (χ4v) is 3.05. The standard InChI is InChI=1S/C21H22N2O2/c1-4-19(18-9-6-12-22-14-18)23(3)21(24)17-8-5-7-16(13-17)20-11-10-15(2)25-20/h5-14,19H,4H2,1-3H3. The van der Waals surface area contributed by atoms with Crippen LogP contribution in [0.2, 0.25) is 0 Å². The van der Waals surface area contributed by atoms with E-state index in [1.165, 1.54) is 0 Å². The Kier molecular flexibility index (Phi) is 4.98. The van der Waals surface area contributed by atoms with Crippen molar-refractivity contribution in [3.63, 3.8) is 0 Å². The highest BCUT2D eigenvalue weighted by molar-refractivity contribution is 5.95. The SMILES string of the molecule is CCC(c1cccnc1)N(C)C(=O)c1cccc(-c2ccc(C)o2)c1. The van der Waals surface area contributed by atoms with Gasteiger partial charge in [-0.05, 0) is 49.2 Å². The van der Waals surface area contributed by atoms with E-state index in [4.69, 9.17) is 4.42 Å². The lowest BCUT2D eigenvalue weighted by Crippen LogP contribution is -2.31. The lowest BCUT2D eigenvalue weighted by Gasteiger charge is -2.27. The van der Waals surface area contributed by atoms with Crippen LogP contribution in [0.25, 0.3) is 11.3 Å². The summed E-state index contributed by atoms with van der Waals surface area (Å²) in [6.07, 6.45) is 4.39. The largest absolute Gasteiger partial charge is 0.461 e. The van der Waals surface area contributed by atoms with Crippen molar-refractivity contribution in [2.24, 2.45) is 0 Å². The van der Waals surface area contributed by atoms with Gasteiger partial charge in [-0.2, -0.15) is 0 Å². The summed E-state index contributed by atoms with van der Waals surface area (Å²) >= 11 is 0. The number of carbonyl (C=O) groups is 1. The first-order valence-electron chi connectivity index (χ1n) is 8.44. The van der Waals surface area contributed by atoms with Gasteiger partial charge in [0.05, 0.1) is 6.04 Å². The second-order valence-electron chi connectivity index (χ2n) is 6.12. The summed E-state index contributed by atoms with van der Waals surface area (Å²) in [5.74, 6) is 1.61. The first kappa shape index (κ1) is 17.0. The van der Waals surface area contributed by atoms with Gasteiger partial charge >= 0.3 is 0 Å². The molecule has 0 saturated heterocycles. The molecule has 25 heavy (non-hydrogen) atoms. The Morgan fingerprint density at radius 1 is 1.20 bits per heavy atom. The first-order chi connectivity index (χ1) is 12.1. The zero-order chi connectivity index (χ0) is 17.8. The summed E-state index contributed by atoms with van der Waals surface area (Å²) in [5.41, 5.74) is 2.59. The van der Waals surface area contributed by atoms with E-state index in [0.29, 0.717) is 5.56 Å². The van der Waals surface area contributed by atoms with Crippen LogP contribution >= 0.6 is 0 Å². The molecule has 0 saturated carbocycles. The summed E-state index contributed by atoms with van der Waals surface area (Å²) in [7, 11) is 1.84. The van der Waals surface area contributed by atoms with E-state index in [-0.39, 0.29) is 11.9 Å². The van der Waals surface area contributed by atoms with Crippen LogP contribution < -0.4 is 0 Å². The molecule has 1 atom stereocenters. The Balaban J connectivity index is 1.87. The van der Waals surface area contributed by atoms with Crippen molar-refractivity contribution in [2.45, 2.75) is 26.3 Å². The number of furan rings is 1. The molecule has 1 amide bonds. The number of aryl methyl sites for hydroxylation is 1. The highest BCUT2D eigenvalue weighted by atomic mass is 16.3. The molecule has 128 valence electrons. The molecule has 2 heterocycles. The molecule has 4 heteroatoms. The minimum Gasteiger partial charge on any atom is -0.461 e. The molecular formula is C21H22N2O2. The number of pyridine rings is 1. The maximum absolute atomic E-state index is 13.0. The topological polar surface area (TPSA) is 46.3 Å². The number of aromatic nitrogens is 1. The zero-order valence-electron chi connectivity index (χ0n) is 14.8. The van der Waals surface area contributed by atoms with Gasteiger partial charge in [0.25, 0.3) is 5.91 Å². The van der Waals surface area contributed by atoms with E-state index < -0.39 is 0 Å². The number of hydrogen-bond donors (Lipinski definition) is 0. The molecule has 0 N–H and O–H groups in total. The summed E-state index contributed by atoms with van der Waals surface area (Å²) in [4.78, 5) is 18.9. The maximum atomic E-state index is 13.0. The van der Waals surface area contributed by atoms with E-state index in [1.54, 1.807) is 11.1 Å². The number of benzene rings is 1. The lowest BCUT2D eigenvalue weighted by atomic mass is 10.0. The predicted octanol–water partition coefficient (Wildman–Crippen LogP) is 4.87. The monoisotopic (exact) mass is 334 g/mol. The van der Waals surface area contributed by atoms with Crippen molar-refractivity contribution in [3.05, 3.63) is 77.8 Å². The molecule has 3 aromatic rings. The van der Waals surface area contributed by atoms with E-state index in [2.05, 4.69) is 11.9 Å². The molecule has 1 unspecified atom stereocenters. The fraction of sp³-hybridized carbons (Fsp3) is 0.238. The van der Waals surface area contributed by atoms with Gasteiger partial charge in [-0.1, -0.05) is 25.1 Å². The van der Waals surface area contributed by atoms with Crippen LogP contribution in [-0.2, 0) is 0 Å². The second-order valence-corrected chi connectivity index (χ2v) is 6.12. The number of hydrogen-bond acceptors (Lipinski definition) is 3. The smallest absolute Gasteiger partial charge is 0.254 e. The van der Waals surface area contributed by atoms with Crippen molar-refractivity contribution >= 4 is 5.91 Å². The van der Waals surface area contributed by atoms with E-state index in [1.807, 2.05) is 68.7 Å². The molecular weight excluding hydrogens is 312 g/mol. The van der Waals surface area contributed by atoms with Crippen LogP contribution in [0, 0.1) is 6.92 Å². The molecule has 0 aliphatic heterocycles. The van der Waals surface area contributed by atoms with Gasteiger partial charge in [-0.15, -0.1) is 0 Å². The quantitative estimate of drug-likeness (QED) is 0.668. The van der Waals surface area contributed by atoms with Gasteiger partial charge in [0.2, 0.25) is 0 Å². The molecule has 1 aromatic carbocycles. The van der Waals surface area contributed by atoms with Crippen LogP contribution in [0.5, 0.6) is 0 Å². The van der Waals surface area contributed by atoms with E-state index in [9.17, 15) is 4.79 Å². The van der Waals surface area contributed by atoms with E-state index >= 15 is 0 Å². The van der Waals surface area contributed by atoms with Gasteiger partial charge < -0.3 is 9.32 Å². The Labute approximate surface area is 148 Å². The Hall–Kier alpha value is -2.88. The van der Waals surface area contributed by atoms with Crippen molar-refractivity contribution in [3.8, 4) is 11.3 Å². The molecule has 0 aliphatic rings. The van der Waals surface area contributed by atoms with Gasteiger partial charge in [0.1, 0.15) is 11.5 Å². The lowest BCUT2D eigenvalue weighted by molar-refractivity contribution is 0.0726. The van der Waals surface area contributed by atoms with Gasteiger partial charge in [-0.25, -0.2) is 0 Å². The van der Waals surface area contributed by atoms with Crippen LogP contribution in [0.4, 0.5) is 0 Å². The minimum atomic E-state index is -0.0131. The average Bonchev–Trinajstić information content (AvgIpc) is 3.09. The number of amides is 1. The minimum absolute atomic E-state index is 0.00397. The van der Waals surface area contributed by atoms with Crippen LogP contribution in [0.3, 0.4) is 0 Å². The van der Waals surface area contributed by atoms with Gasteiger partial charge in [-0.3, -0.25) is 9.78 Å². The Bertz CT molecular complexity index is 855. The molecule has 0 bridgehead atoms. The van der Waals surface area contributed by atoms with Crippen LogP contribution in [-0.4, -0.2) is 22.8 Å². The summed E-state index contributed by atoms with van der Waals surface area (Å²) < 4.78 is 5.67. The Morgan fingerprint density at radius 3 is 2.68 bits per heavy atom. The fourth-order valence-electron chi connectivity index (χ4n) is 3.05. The predicted molar refractivity (Wildman–Crippen MR) is 98.2 cm³/mol. The molecule has 0 fully saturated rings. The van der Waals surface area contributed by atoms with E-state index in [0.717, 1.165) is 29.1 Å². The molecule has 0 radical (unpaired) electrons. The highest BCUT2D eigenvalue weighted by Crippen LogP contribution is 2.26. The summed E-state index contributed by atoms with van der Waals surface area (Å²) in [6.45, 7) is 3.98. The summed E-state index contributed by atoms with van der Waals surface area (Å²) in [6, 6.07) is 15.3. The number of rotatable bonds is 5.